The maximum Gasteiger partial charge on any atom is 0.339 e. The van der Waals surface area contributed by atoms with Gasteiger partial charge in [0, 0.05) is 11.3 Å². The number of esters is 1. The molecule has 1 amide bonds. The quantitative estimate of drug-likeness (QED) is 0.481. The molecule has 7 nitrogen and oxygen atoms in total. The minimum Gasteiger partial charge on any atom is -0.444 e. The van der Waals surface area contributed by atoms with Crippen molar-refractivity contribution in [1.82, 2.24) is 14.8 Å². The highest BCUT2D eigenvalue weighted by Crippen LogP contribution is 2.22. The summed E-state index contributed by atoms with van der Waals surface area (Å²) in [6, 6.07) is 20.5. The van der Waals surface area contributed by atoms with Gasteiger partial charge in [-0.3, -0.25) is 4.79 Å². The second kappa shape index (κ2) is 9.00. The number of aromatic nitrogens is 3. The zero-order valence-electron chi connectivity index (χ0n) is 16.2. The number of nitrogens with one attached hydrogen (secondary N) is 1. The molecule has 4 aromatic rings. The summed E-state index contributed by atoms with van der Waals surface area (Å²) in [5, 5.41) is 6.68. The van der Waals surface area contributed by atoms with Crippen molar-refractivity contribution < 1.29 is 18.7 Å². The fourth-order valence-corrected chi connectivity index (χ4v) is 2.91. The second-order valence-electron chi connectivity index (χ2n) is 6.58. The van der Waals surface area contributed by atoms with E-state index in [1.54, 1.807) is 65.6 Å². The highest BCUT2D eigenvalue weighted by molar-refractivity contribution is 5.98. The molecule has 8 heteroatoms. The van der Waals surface area contributed by atoms with Crippen molar-refractivity contribution >= 4 is 17.6 Å². The van der Waals surface area contributed by atoms with E-state index in [1.807, 2.05) is 0 Å². The molecule has 0 saturated heterocycles. The van der Waals surface area contributed by atoms with Crippen LogP contribution in [0.3, 0.4) is 0 Å². The molecule has 0 aliphatic carbocycles. The lowest BCUT2D eigenvalue weighted by molar-refractivity contribution is -0.125. The predicted molar refractivity (Wildman–Crippen MR) is 111 cm³/mol. The van der Waals surface area contributed by atoms with Crippen molar-refractivity contribution in [2.75, 3.05) is 5.32 Å². The average Bonchev–Trinajstić information content (AvgIpc) is 3.34. The van der Waals surface area contributed by atoms with Crippen molar-refractivity contribution in [2.45, 2.75) is 6.10 Å². The molecule has 0 aliphatic rings. The maximum atomic E-state index is 13.1. The number of rotatable bonds is 6. The summed E-state index contributed by atoms with van der Waals surface area (Å²) in [5.41, 5.74) is 1.90. The monoisotopic (exact) mass is 416 g/mol. The van der Waals surface area contributed by atoms with Gasteiger partial charge in [-0.25, -0.2) is 18.9 Å². The number of nitrogens with zero attached hydrogens (tertiary/aromatic N) is 3. The van der Waals surface area contributed by atoms with Gasteiger partial charge in [0.15, 0.2) is 0 Å². The Labute approximate surface area is 177 Å². The molecule has 0 unspecified atom stereocenters. The number of amides is 1. The molecular weight excluding hydrogens is 399 g/mol. The van der Waals surface area contributed by atoms with E-state index in [2.05, 4.69) is 15.4 Å². The topological polar surface area (TPSA) is 86.1 Å². The third-order valence-electron chi connectivity index (χ3n) is 4.46. The normalized spacial score (nSPS) is 11.5. The van der Waals surface area contributed by atoms with Crippen molar-refractivity contribution in [3.63, 3.8) is 0 Å². The fraction of sp³-hybridized carbons (Fsp3) is 0.0435. The standard InChI is InChI=1S/C23H17FN4O3/c24-18-8-10-19(11-9-18)27-22(29)21(16-4-2-1-3-5-16)31-23(30)17-6-12-20(13-7-17)28-15-25-14-26-28/h1-15,21H,(H,27,29)/t21-/m0/s1. The Hall–Kier alpha value is -4.33. The second-order valence-corrected chi connectivity index (χ2v) is 6.58. The molecular formula is C23H17FN4O3. The van der Waals surface area contributed by atoms with E-state index in [4.69, 9.17) is 4.74 Å². The molecule has 1 aromatic heterocycles. The van der Waals surface area contributed by atoms with E-state index >= 15 is 0 Å². The SMILES string of the molecule is O=C(O[C@H](C(=O)Nc1ccc(F)cc1)c1ccccc1)c1ccc(-n2cncn2)cc1. The molecule has 0 radical (unpaired) electrons. The van der Waals surface area contributed by atoms with Crippen LogP contribution in [-0.4, -0.2) is 26.6 Å². The molecule has 0 aliphatic heterocycles. The minimum atomic E-state index is -1.19. The van der Waals surface area contributed by atoms with E-state index in [0.29, 0.717) is 11.3 Å². The Morgan fingerprint density at radius 3 is 2.29 bits per heavy atom. The highest BCUT2D eigenvalue weighted by Gasteiger charge is 2.26. The van der Waals surface area contributed by atoms with Crippen LogP contribution in [0.2, 0.25) is 0 Å². The Balaban J connectivity index is 1.53. The molecule has 0 bridgehead atoms. The Kier molecular flexibility index (Phi) is 5.79. The number of benzene rings is 3. The van der Waals surface area contributed by atoms with Gasteiger partial charge in [0.25, 0.3) is 5.91 Å². The number of carbonyl (C=O) groups excluding carboxylic acids is 2. The van der Waals surface area contributed by atoms with Crippen LogP contribution < -0.4 is 5.32 Å². The lowest BCUT2D eigenvalue weighted by Crippen LogP contribution is -2.26. The van der Waals surface area contributed by atoms with Crippen LogP contribution >= 0.6 is 0 Å². The molecule has 4 rings (SSSR count). The number of hydrogen-bond acceptors (Lipinski definition) is 5. The number of hydrogen-bond donors (Lipinski definition) is 1. The van der Waals surface area contributed by atoms with Crippen LogP contribution in [0.4, 0.5) is 10.1 Å². The molecule has 0 fully saturated rings. The first-order valence-corrected chi connectivity index (χ1v) is 9.37. The van der Waals surface area contributed by atoms with Gasteiger partial charge in [-0.05, 0) is 48.5 Å². The fourth-order valence-electron chi connectivity index (χ4n) is 2.91. The largest absolute Gasteiger partial charge is 0.444 e. The third kappa shape index (κ3) is 4.81. The van der Waals surface area contributed by atoms with Gasteiger partial charge in [0.2, 0.25) is 6.10 Å². The van der Waals surface area contributed by atoms with E-state index in [0.717, 1.165) is 5.69 Å². The Bertz CT molecular complexity index is 1160. The number of halogens is 1. The molecule has 1 N–H and O–H groups in total. The summed E-state index contributed by atoms with van der Waals surface area (Å²) < 4.78 is 20.2. The van der Waals surface area contributed by atoms with Gasteiger partial charge in [-0.1, -0.05) is 30.3 Å². The molecule has 0 spiro atoms. The van der Waals surface area contributed by atoms with Gasteiger partial charge in [-0.15, -0.1) is 0 Å². The number of anilines is 1. The number of carbonyl (C=O) groups is 2. The molecule has 31 heavy (non-hydrogen) atoms. The molecule has 0 saturated carbocycles. The maximum absolute atomic E-state index is 13.1. The lowest BCUT2D eigenvalue weighted by atomic mass is 10.1. The van der Waals surface area contributed by atoms with E-state index in [-0.39, 0.29) is 5.56 Å². The molecule has 1 atom stereocenters. The van der Waals surface area contributed by atoms with Gasteiger partial charge in [0.05, 0.1) is 11.3 Å². The summed E-state index contributed by atoms with van der Waals surface area (Å²) in [6.45, 7) is 0. The third-order valence-corrected chi connectivity index (χ3v) is 4.46. The molecule has 154 valence electrons. The van der Waals surface area contributed by atoms with Gasteiger partial charge < -0.3 is 10.1 Å². The van der Waals surface area contributed by atoms with E-state index in [9.17, 15) is 14.0 Å². The van der Waals surface area contributed by atoms with Gasteiger partial charge in [-0.2, -0.15) is 5.10 Å². The smallest absolute Gasteiger partial charge is 0.339 e. The Morgan fingerprint density at radius 1 is 0.935 bits per heavy atom. The lowest BCUT2D eigenvalue weighted by Gasteiger charge is -2.18. The van der Waals surface area contributed by atoms with Crippen LogP contribution in [0.25, 0.3) is 5.69 Å². The van der Waals surface area contributed by atoms with Crippen LogP contribution in [-0.2, 0) is 9.53 Å². The van der Waals surface area contributed by atoms with E-state index in [1.165, 1.54) is 30.6 Å². The molecule has 3 aromatic carbocycles. The summed E-state index contributed by atoms with van der Waals surface area (Å²) in [6.07, 6.45) is 1.76. The first-order valence-electron chi connectivity index (χ1n) is 9.37. The molecule has 1 heterocycles. The summed E-state index contributed by atoms with van der Waals surface area (Å²) >= 11 is 0. The van der Waals surface area contributed by atoms with Crippen LogP contribution in [0.5, 0.6) is 0 Å². The summed E-state index contributed by atoms with van der Waals surface area (Å²) in [4.78, 5) is 29.5. The van der Waals surface area contributed by atoms with Crippen molar-refractivity contribution in [3.8, 4) is 5.69 Å². The van der Waals surface area contributed by atoms with Crippen molar-refractivity contribution in [3.05, 3.63) is 108 Å². The average molecular weight is 416 g/mol. The highest BCUT2D eigenvalue weighted by atomic mass is 19.1. The summed E-state index contributed by atoms with van der Waals surface area (Å²) in [7, 11) is 0. The zero-order valence-corrected chi connectivity index (χ0v) is 16.2. The van der Waals surface area contributed by atoms with Crippen LogP contribution in [0.15, 0.2) is 91.5 Å². The van der Waals surface area contributed by atoms with E-state index < -0.39 is 23.8 Å². The first kappa shape index (κ1) is 20.0. The van der Waals surface area contributed by atoms with Gasteiger partial charge in [0.1, 0.15) is 18.5 Å². The van der Waals surface area contributed by atoms with Crippen molar-refractivity contribution in [1.29, 1.82) is 0 Å². The zero-order chi connectivity index (χ0) is 21.6. The van der Waals surface area contributed by atoms with Crippen molar-refractivity contribution in [2.24, 2.45) is 0 Å². The van der Waals surface area contributed by atoms with Crippen LogP contribution in [0, 0.1) is 5.82 Å². The van der Waals surface area contributed by atoms with Gasteiger partial charge >= 0.3 is 5.97 Å². The Morgan fingerprint density at radius 2 is 1.65 bits per heavy atom. The summed E-state index contributed by atoms with van der Waals surface area (Å²) in [5.74, 6) is -1.63. The number of ether oxygens (including phenoxy) is 1. The minimum absolute atomic E-state index is 0.277. The predicted octanol–water partition coefficient (Wildman–Crippen LogP) is 3.94. The van der Waals surface area contributed by atoms with Crippen LogP contribution in [0.1, 0.15) is 22.0 Å². The first-order chi connectivity index (χ1) is 15.1.